The summed E-state index contributed by atoms with van der Waals surface area (Å²) in [5.74, 6) is 0. The van der Waals surface area contributed by atoms with Crippen LogP contribution in [0.4, 0.5) is 0 Å². The summed E-state index contributed by atoms with van der Waals surface area (Å²) in [4.78, 5) is 4.35. The van der Waals surface area contributed by atoms with Gasteiger partial charge in [-0.1, -0.05) is 6.92 Å². The lowest BCUT2D eigenvalue weighted by Crippen LogP contribution is -2.10. The maximum Gasteiger partial charge on any atom is 0.0829 e. The molecule has 0 saturated carbocycles. The molecule has 1 unspecified atom stereocenters. The molecule has 0 aliphatic heterocycles. The van der Waals surface area contributed by atoms with Gasteiger partial charge >= 0.3 is 0 Å². The van der Waals surface area contributed by atoms with E-state index in [9.17, 15) is 0 Å². The van der Waals surface area contributed by atoms with Gasteiger partial charge in [0.15, 0.2) is 0 Å². The van der Waals surface area contributed by atoms with Crippen molar-refractivity contribution in [2.75, 3.05) is 0 Å². The van der Waals surface area contributed by atoms with Crippen molar-refractivity contribution in [3.05, 3.63) is 42.0 Å². The standard InChI is InChI=1S/C12H16N4/c1-3-11(13)12-5-4-10(8-14-12)16-7-6-9(2)15-16/h4-8,11H,3,13H2,1-2H3. The lowest BCUT2D eigenvalue weighted by atomic mass is 10.1. The number of aromatic nitrogens is 3. The minimum atomic E-state index is 0.0217. The van der Waals surface area contributed by atoms with E-state index in [0.29, 0.717) is 0 Å². The maximum absolute atomic E-state index is 5.90. The zero-order valence-electron chi connectivity index (χ0n) is 9.59. The zero-order valence-corrected chi connectivity index (χ0v) is 9.59. The Balaban J connectivity index is 2.25. The van der Waals surface area contributed by atoms with E-state index in [0.717, 1.165) is 23.5 Å². The van der Waals surface area contributed by atoms with Gasteiger partial charge in [-0.05, 0) is 31.5 Å². The van der Waals surface area contributed by atoms with Crippen LogP contribution in [0.15, 0.2) is 30.6 Å². The molecule has 4 nitrogen and oxygen atoms in total. The highest BCUT2D eigenvalue weighted by atomic mass is 15.3. The second kappa shape index (κ2) is 4.45. The molecule has 0 aromatic carbocycles. The summed E-state index contributed by atoms with van der Waals surface area (Å²) in [6, 6.07) is 5.93. The first-order valence-corrected chi connectivity index (χ1v) is 5.45. The van der Waals surface area contributed by atoms with Crippen LogP contribution in [-0.2, 0) is 0 Å². The zero-order chi connectivity index (χ0) is 11.5. The van der Waals surface area contributed by atoms with Crippen LogP contribution in [0.3, 0.4) is 0 Å². The van der Waals surface area contributed by atoms with Crippen LogP contribution in [0, 0.1) is 6.92 Å². The summed E-state index contributed by atoms with van der Waals surface area (Å²) in [6.07, 6.45) is 4.62. The third-order valence-electron chi connectivity index (χ3n) is 2.58. The highest BCUT2D eigenvalue weighted by Crippen LogP contribution is 2.13. The number of aryl methyl sites for hydroxylation is 1. The van der Waals surface area contributed by atoms with Gasteiger partial charge in [0.05, 0.1) is 23.3 Å². The SMILES string of the molecule is CCC(N)c1ccc(-n2ccc(C)n2)cn1. The summed E-state index contributed by atoms with van der Waals surface area (Å²) < 4.78 is 1.81. The summed E-state index contributed by atoms with van der Waals surface area (Å²) >= 11 is 0. The van der Waals surface area contributed by atoms with Gasteiger partial charge in [-0.15, -0.1) is 0 Å². The average Bonchev–Trinajstić information content (AvgIpc) is 2.75. The van der Waals surface area contributed by atoms with Crippen molar-refractivity contribution in [3.63, 3.8) is 0 Å². The fourth-order valence-electron chi connectivity index (χ4n) is 1.52. The number of nitrogens with zero attached hydrogens (tertiary/aromatic N) is 3. The predicted molar refractivity (Wildman–Crippen MR) is 63.3 cm³/mol. The maximum atomic E-state index is 5.90. The molecule has 0 saturated heterocycles. The van der Waals surface area contributed by atoms with E-state index in [1.54, 1.807) is 6.20 Å². The smallest absolute Gasteiger partial charge is 0.0829 e. The van der Waals surface area contributed by atoms with Crippen LogP contribution < -0.4 is 5.73 Å². The van der Waals surface area contributed by atoms with Crippen LogP contribution >= 0.6 is 0 Å². The van der Waals surface area contributed by atoms with Crippen LogP contribution in [0.1, 0.15) is 30.8 Å². The van der Waals surface area contributed by atoms with E-state index in [4.69, 9.17) is 5.73 Å². The molecule has 0 amide bonds. The van der Waals surface area contributed by atoms with Crippen LogP contribution in [0.2, 0.25) is 0 Å². The summed E-state index contributed by atoms with van der Waals surface area (Å²) in [7, 11) is 0. The van der Waals surface area contributed by atoms with Crippen molar-refractivity contribution in [1.82, 2.24) is 14.8 Å². The van der Waals surface area contributed by atoms with Crippen LogP contribution in [0.25, 0.3) is 5.69 Å². The molecule has 0 bridgehead atoms. The number of hydrogen-bond acceptors (Lipinski definition) is 3. The number of rotatable bonds is 3. The first-order chi connectivity index (χ1) is 7.70. The van der Waals surface area contributed by atoms with Crippen molar-refractivity contribution in [3.8, 4) is 5.69 Å². The fourth-order valence-corrected chi connectivity index (χ4v) is 1.52. The second-order valence-corrected chi connectivity index (χ2v) is 3.86. The molecule has 2 heterocycles. The Hall–Kier alpha value is -1.68. The summed E-state index contributed by atoms with van der Waals surface area (Å²) in [5, 5.41) is 4.32. The van der Waals surface area contributed by atoms with Gasteiger partial charge in [-0.25, -0.2) is 4.68 Å². The lowest BCUT2D eigenvalue weighted by Gasteiger charge is -2.08. The largest absolute Gasteiger partial charge is 0.323 e. The molecule has 2 aromatic heterocycles. The van der Waals surface area contributed by atoms with E-state index in [1.807, 2.05) is 36.0 Å². The van der Waals surface area contributed by atoms with Crippen LogP contribution in [0.5, 0.6) is 0 Å². The lowest BCUT2D eigenvalue weighted by molar-refractivity contribution is 0.674. The molecular formula is C12H16N4. The molecule has 2 N–H and O–H groups in total. The molecule has 2 aromatic rings. The molecule has 2 rings (SSSR count). The number of nitrogens with two attached hydrogens (primary N) is 1. The third-order valence-corrected chi connectivity index (χ3v) is 2.58. The van der Waals surface area contributed by atoms with E-state index >= 15 is 0 Å². The highest BCUT2D eigenvalue weighted by molar-refractivity contribution is 5.29. The average molecular weight is 216 g/mol. The molecule has 0 aliphatic rings. The fraction of sp³-hybridized carbons (Fsp3) is 0.333. The van der Waals surface area contributed by atoms with Crippen molar-refractivity contribution >= 4 is 0 Å². The number of hydrogen-bond donors (Lipinski definition) is 1. The molecule has 84 valence electrons. The van der Waals surface area contributed by atoms with Crippen molar-refractivity contribution in [1.29, 1.82) is 0 Å². The Morgan fingerprint density at radius 1 is 1.38 bits per heavy atom. The molecule has 0 fully saturated rings. The van der Waals surface area contributed by atoms with Gasteiger partial charge in [0.25, 0.3) is 0 Å². The quantitative estimate of drug-likeness (QED) is 0.853. The minimum Gasteiger partial charge on any atom is -0.323 e. The Morgan fingerprint density at radius 3 is 2.69 bits per heavy atom. The second-order valence-electron chi connectivity index (χ2n) is 3.86. The molecule has 0 radical (unpaired) electrons. The first kappa shape index (κ1) is 10.8. The van der Waals surface area contributed by atoms with Crippen LogP contribution in [-0.4, -0.2) is 14.8 Å². The normalized spacial score (nSPS) is 12.7. The third kappa shape index (κ3) is 2.12. The monoisotopic (exact) mass is 216 g/mol. The summed E-state index contributed by atoms with van der Waals surface area (Å²) in [5.41, 5.74) is 8.78. The van der Waals surface area contributed by atoms with Gasteiger partial charge in [-0.2, -0.15) is 5.10 Å². The Kier molecular flexibility index (Phi) is 3.01. The van der Waals surface area contributed by atoms with E-state index in [-0.39, 0.29) is 6.04 Å². The molecular weight excluding hydrogens is 200 g/mol. The topological polar surface area (TPSA) is 56.7 Å². The summed E-state index contributed by atoms with van der Waals surface area (Å²) in [6.45, 7) is 4.02. The van der Waals surface area contributed by atoms with E-state index in [2.05, 4.69) is 17.0 Å². The minimum absolute atomic E-state index is 0.0217. The van der Waals surface area contributed by atoms with Crippen molar-refractivity contribution < 1.29 is 0 Å². The van der Waals surface area contributed by atoms with Gasteiger partial charge in [0, 0.05) is 12.2 Å². The van der Waals surface area contributed by atoms with Gasteiger partial charge in [0.2, 0.25) is 0 Å². The highest BCUT2D eigenvalue weighted by Gasteiger charge is 2.05. The van der Waals surface area contributed by atoms with E-state index in [1.165, 1.54) is 0 Å². The van der Waals surface area contributed by atoms with E-state index < -0.39 is 0 Å². The van der Waals surface area contributed by atoms with Crippen molar-refractivity contribution in [2.45, 2.75) is 26.3 Å². The number of pyridine rings is 1. The van der Waals surface area contributed by atoms with Gasteiger partial charge in [0.1, 0.15) is 0 Å². The predicted octanol–water partition coefficient (Wildman–Crippen LogP) is 1.99. The Morgan fingerprint density at radius 2 is 2.19 bits per heavy atom. The Labute approximate surface area is 95.1 Å². The van der Waals surface area contributed by atoms with Crippen molar-refractivity contribution in [2.24, 2.45) is 5.73 Å². The first-order valence-electron chi connectivity index (χ1n) is 5.45. The molecule has 1 atom stereocenters. The van der Waals surface area contributed by atoms with Gasteiger partial charge < -0.3 is 5.73 Å². The Bertz CT molecular complexity index is 458. The molecule has 0 aliphatic carbocycles. The van der Waals surface area contributed by atoms with Gasteiger partial charge in [-0.3, -0.25) is 4.98 Å². The molecule has 0 spiro atoms. The molecule has 16 heavy (non-hydrogen) atoms. The molecule has 4 heteroatoms.